The maximum Gasteiger partial charge on any atom is 0.251 e. The molecule has 5 saturated carbocycles. The van der Waals surface area contributed by atoms with Crippen molar-refractivity contribution in [3.05, 3.63) is 70.5 Å². The van der Waals surface area contributed by atoms with Crippen LogP contribution >= 0.6 is 0 Å². The zero-order chi connectivity index (χ0) is 33.4. The van der Waals surface area contributed by atoms with Gasteiger partial charge in [-0.3, -0.25) is 9.59 Å². The van der Waals surface area contributed by atoms with E-state index in [1.54, 1.807) is 6.07 Å². The van der Waals surface area contributed by atoms with Crippen LogP contribution in [0.5, 0.6) is 0 Å². The molecule has 2 aromatic carbocycles. The van der Waals surface area contributed by atoms with Gasteiger partial charge in [-0.1, -0.05) is 52.3 Å². The zero-order valence-corrected chi connectivity index (χ0v) is 29.3. The zero-order valence-electron chi connectivity index (χ0n) is 29.3. The molecule has 254 valence electrons. The molecule has 0 bridgehead atoms. The number of aliphatic hydroxyl groups excluding tert-OH is 1. The van der Waals surface area contributed by atoms with Crippen LogP contribution < -0.4 is 5.32 Å². The molecule has 0 spiro atoms. The number of carbonyl (C=O) groups is 2. The number of halogens is 1. The first-order chi connectivity index (χ1) is 22.3. The normalized spacial score (nSPS) is 38.8. The van der Waals surface area contributed by atoms with Crippen LogP contribution in [0.2, 0.25) is 0 Å². The molecule has 9 unspecified atom stereocenters. The smallest absolute Gasteiger partial charge is 0.251 e. The minimum atomic E-state index is -0.531. The Kier molecular flexibility index (Phi) is 8.29. The highest BCUT2D eigenvalue weighted by Crippen LogP contribution is 2.72. The van der Waals surface area contributed by atoms with E-state index in [4.69, 9.17) is 0 Å². The third-order valence-corrected chi connectivity index (χ3v) is 15.3. The molecule has 2 N–H and O–H groups in total. The molecule has 4 nitrogen and oxygen atoms in total. The molecule has 0 heterocycles. The summed E-state index contributed by atoms with van der Waals surface area (Å²) in [7, 11) is 0. The summed E-state index contributed by atoms with van der Waals surface area (Å²) in [5, 5.41) is 14.0. The molecule has 0 saturated heterocycles. The maximum atomic E-state index is 14.0. The number of hydrogen-bond donors (Lipinski definition) is 2. The Morgan fingerprint density at radius 3 is 2.30 bits per heavy atom. The van der Waals surface area contributed by atoms with Gasteiger partial charge in [-0.05, 0) is 164 Å². The van der Waals surface area contributed by atoms with Crippen LogP contribution in [0.3, 0.4) is 0 Å². The van der Waals surface area contributed by atoms with Gasteiger partial charge in [0.25, 0.3) is 5.91 Å². The average Bonchev–Trinajstić information content (AvgIpc) is 3.46. The van der Waals surface area contributed by atoms with E-state index in [9.17, 15) is 19.1 Å². The molecule has 5 heteroatoms. The number of benzene rings is 2. The van der Waals surface area contributed by atoms with Crippen LogP contribution in [-0.2, 0) is 13.0 Å². The number of nitrogens with one attached hydrogen (secondary N) is 1. The molecule has 5 fully saturated rings. The summed E-state index contributed by atoms with van der Waals surface area (Å²) in [4.78, 5) is 25.0. The lowest BCUT2D eigenvalue weighted by Gasteiger charge is -2.68. The minimum Gasteiger partial charge on any atom is -0.393 e. The second kappa shape index (κ2) is 11.8. The monoisotopic (exact) mass is 641 g/mol. The third kappa shape index (κ3) is 5.33. The molecular formula is C42H56FNO3. The van der Waals surface area contributed by atoms with E-state index in [0.717, 1.165) is 36.5 Å². The first-order valence-corrected chi connectivity index (χ1v) is 18.6. The van der Waals surface area contributed by atoms with Gasteiger partial charge in [0.05, 0.1) is 11.7 Å². The van der Waals surface area contributed by atoms with Gasteiger partial charge in [0.15, 0.2) is 5.78 Å². The van der Waals surface area contributed by atoms with Crippen LogP contribution in [0.4, 0.5) is 4.39 Å². The quantitative estimate of drug-likeness (QED) is 0.309. The lowest BCUT2D eigenvalue weighted by Crippen LogP contribution is -2.62. The summed E-state index contributed by atoms with van der Waals surface area (Å²) >= 11 is 0. The maximum absolute atomic E-state index is 14.0. The van der Waals surface area contributed by atoms with Crippen LogP contribution in [0, 0.1) is 57.1 Å². The summed E-state index contributed by atoms with van der Waals surface area (Å²) in [6.45, 7) is 11.6. The second-order valence-corrected chi connectivity index (χ2v) is 17.7. The van der Waals surface area contributed by atoms with Crippen LogP contribution in [0.25, 0.3) is 0 Å². The lowest BCUT2D eigenvalue weighted by molar-refractivity contribution is -0.205. The highest BCUT2D eigenvalue weighted by atomic mass is 19.1. The van der Waals surface area contributed by atoms with E-state index in [-0.39, 0.29) is 35.3 Å². The number of fused-ring (bicyclic) bond motifs is 7. The van der Waals surface area contributed by atoms with Crippen molar-refractivity contribution in [3.8, 4) is 0 Å². The molecule has 7 rings (SSSR count). The minimum absolute atomic E-state index is 0.00825. The summed E-state index contributed by atoms with van der Waals surface area (Å²) in [5.74, 6) is 2.74. The largest absolute Gasteiger partial charge is 0.393 e. The number of rotatable bonds is 6. The molecule has 47 heavy (non-hydrogen) atoms. The highest BCUT2D eigenvalue weighted by molar-refractivity contribution is 5.95. The number of carbonyl (C=O) groups excluding carboxylic acids is 2. The van der Waals surface area contributed by atoms with Crippen LogP contribution in [-0.4, -0.2) is 22.9 Å². The Bertz CT molecular complexity index is 1550. The van der Waals surface area contributed by atoms with Gasteiger partial charge in [0.1, 0.15) is 5.82 Å². The van der Waals surface area contributed by atoms with E-state index >= 15 is 0 Å². The summed E-state index contributed by atoms with van der Waals surface area (Å²) in [6.07, 6.45) is 14.9. The fourth-order valence-corrected chi connectivity index (χ4v) is 12.9. The van der Waals surface area contributed by atoms with Gasteiger partial charge in [-0.2, -0.15) is 0 Å². The molecule has 5 aliphatic carbocycles. The first kappa shape index (κ1) is 33.0. The average molecular weight is 642 g/mol. The van der Waals surface area contributed by atoms with E-state index in [1.807, 2.05) is 12.1 Å². The van der Waals surface area contributed by atoms with Gasteiger partial charge in [0.2, 0.25) is 0 Å². The van der Waals surface area contributed by atoms with Gasteiger partial charge in [-0.25, -0.2) is 4.39 Å². The van der Waals surface area contributed by atoms with E-state index in [1.165, 1.54) is 88.8 Å². The standard InChI is InChI=1S/C42H56FNO3/c1-26(45)30-23-28(11-15-35(30)43)25-44-38(47)29-9-6-8-27(22-29)24-42-18-7-10-34(42)33-13-12-32-31(40(33,4)20-21-42)14-16-36-39(2,3)37(46)17-19-41(32,36)5/h6,8-9,11,15,22-23,31-34,36-37,46H,7,10,12-14,16-21,24-25H2,1-5H3,(H,44,47). The molecule has 5 aliphatic rings. The molecule has 9 atom stereocenters. The molecular weight excluding hydrogens is 585 g/mol. The van der Waals surface area contributed by atoms with E-state index < -0.39 is 5.82 Å². The Morgan fingerprint density at radius 1 is 0.809 bits per heavy atom. The number of amides is 1. The molecule has 1 amide bonds. The molecule has 0 aromatic heterocycles. The lowest BCUT2D eigenvalue weighted by atomic mass is 9.37. The van der Waals surface area contributed by atoms with Crippen molar-refractivity contribution in [3.63, 3.8) is 0 Å². The van der Waals surface area contributed by atoms with Crippen LogP contribution in [0.15, 0.2) is 42.5 Å². The first-order valence-electron chi connectivity index (χ1n) is 18.6. The van der Waals surface area contributed by atoms with Gasteiger partial charge < -0.3 is 10.4 Å². The fraction of sp³-hybridized carbons (Fsp3) is 0.667. The summed E-state index contributed by atoms with van der Waals surface area (Å²) in [6, 6.07) is 12.7. The SMILES string of the molecule is CC(=O)c1cc(CNC(=O)c2cccc(CC34CCCC3C3CCC5C(CCC6C(C)(C)C(O)CCC56C)C3(C)CC4)c2)ccc1F. The Labute approximate surface area is 281 Å². The molecule has 0 aliphatic heterocycles. The fourth-order valence-electron chi connectivity index (χ4n) is 12.9. The predicted molar refractivity (Wildman–Crippen MR) is 184 cm³/mol. The summed E-state index contributed by atoms with van der Waals surface area (Å²) in [5.41, 5.74) is 3.77. The van der Waals surface area contributed by atoms with Gasteiger partial charge >= 0.3 is 0 Å². The highest BCUT2D eigenvalue weighted by Gasteiger charge is 2.65. The third-order valence-electron chi connectivity index (χ3n) is 15.3. The van der Waals surface area contributed by atoms with Crippen molar-refractivity contribution in [2.75, 3.05) is 0 Å². The van der Waals surface area contributed by atoms with E-state index in [2.05, 4.69) is 45.1 Å². The van der Waals surface area contributed by atoms with Gasteiger partial charge in [0, 0.05) is 12.1 Å². The molecule has 2 aromatic rings. The number of aliphatic hydroxyl groups is 1. The van der Waals surface area contributed by atoms with Crippen molar-refractivity contribution >= 4 is 11.7 Å². The second-order valence-electron chi connectivity index (χ2n) is 17.7. The van der Waals surface area contributed by atoms with Crippen molar-refractivity contribution in [1.82, 2.24) is 5.32 Å². The van der Waals surface area contributed by atoms with Crippen molar-refractivity contribution in [2.24, 2.45) is 51.2 Å². The predicted octanol–water partition coefficient (Wildman–Crippen LogP) is 9.33. The van der Waals surface area contributed by atoms with E-state index in [0.29, 0.717) is 33.3 Å². The Balaban J connectivity index is 1.06. The Hall–Kier alpha value is -2.53. The topological polar surface area (TPSA) is 66.4 Å². The Morgan fingerprint density at radius 2 is 1.53 bits per heavy atom. The number of Topliss-reactive ketones (excluding diaryl/α,β-unsaturated/α-hetero) is 1. The number of hydrogen-bond acceptors (Lipinski definition) is 3. The van der Waals surface area contributed by atoms with Crippen molar-refractivity contribution in [2.45, 2.75) is 124 Å². The van der Waals surface area contributed by atoms with Crippen LogP contribution in [0.1, 0.15) is 137 Å². The van der Waals surface area contributed by atoms with Gasteiger partial charge in [-0.15, -0.1) is 0 Å². The molecule has 0 radical (unpaired) electrons. The summed E-state index contributed by atoms with van der Waals surface area (Å²) < 4.78 is 14.0. The number of ketones is 1. The van der Waals surface area contributed by atoms with Crippen molar-refractivity contribution in [1.29, 1.82) is 0 Å². The van der Waals surface area contributed by atoms with Crippen molar-refractivity contribution < 1.29 is 19.1 Å².